The van der Waals surface area contributed by atoms with Gasteiger partial charge in [0.25, 0.3) is 0 Å². The van der Waals surface area contributed by atoms with Crippen molar-refractivity contribution in [3.63, 3.8) is 0 Å². The Morgan fingerprint density at radius 3 is 1.95 bits per heavy atom. The Morgan fingerprint density at radius 2 is 1.40 bits per heavy atom. The van der Waals surface area contributed by atoms with Crippen molar-refractivity contribution in [1.29, 1.82) is 0 Å². The van der Waals surface area contributed by atoms with E-state index in [0.29, 0.717) is 0 Å². The molecular formula is C15H9BrO4. The Kier molecular flexibility index (Phi) is 2.69. The highest BCUT2D eigenvalue weighted by molar-refractivity contribution is 9.10. The molecule has 0 fully saturated rings. The summed E-state index contributed by atoms with van der Waals surface area (Å²) >= 11 is 3.14. The molecule has 1 aliphatic carbocycles. The lowest BCUT2D eigenvalue weighted by atomic mass is 9.82. The van der Waals surface area contributed by atoms with Crippen molar-refractivity contribution < 1.29 is 19.8 Å². The highest BCUT2D eigenvalue weighted by atomic mass is 79.9. The number of benzene rings is 2. The Labute approximate surface area is 122 Å². The summed E-state index contributed by atoms with van der Waals surface area (Å²) in [4.78, 5) is 25.0. The number of fused-ring (bicyclic) bond motifs is 2. The molecule has 3 rings (SSSR count). The van der Waals surface area contributed by atoms with Gasteiger partial charge in [-0.2, -0.15) is 0 Å². The topological polar surface area (TPSA) is 74.6 Å². The summed E-state index contributed by atoms with van der Waals surface area (Å²) in [5.41, 5.74) is 0.645. The van der Waals surface area contributed by atoms with E-state index in [1.54, 1.807) is 24.3 Å². The maximum atomic E-state index is 12.5. The number of carbonyl (C=O) groups is 2. The van der Waals surface area contributed by atoms with E-state index in [1.807, 2.05) is 0 Å². The van der Waals surface area contributed by atoms with Crippen molar-refractivity contribution >= 4 is 27.5 Å². The third-order valence-electron chi connectivity index (χ3n) is 3.50. The highest BCUT2D eigenvalue weighted by Crippen LogP contribution is 2.44. The lowest BCUT2D eigenvalue weighted by molar-refractivity contribution is 0.0975. The van der Waals surface area contributed by atoms with Gasteiger partial charge in [0.05, 0.1) is 15.6 Å². The fourth-order valence-electron chi connectivity index (χ4n) is 2.39. The number of ketones is 2. The molecule has 2 aromatic carbocycles. The van der Waals surface area contributed by atoms with Gasteiger partial charge in [0, 0.05) is 16.7 Å². The molecule has 20 heavy (non-hydrogen) atoms. The van der Waals surface area contributed by atoms with E-state index < -0.39 is 11.6 Å². The maximum Gasteiger partial charge on any atom is 0.198 e. The number of halogens is 1. The normalized spacial score (nSPS) is 13.1. The number of hydrogen-bond donors (Lipinski definition) is 2. The quantitative estimate of drug-likeness (QED) is 0.663. The van der Waals surface area contributed by atoms with Gasteiger partial charge < -0.3 is 10.2 Å². The van der Waals surface area contributed by atoms with E-state index in [1.165, 1.54) is 6.92 Å². The minimum Gasteiger partial charge on any atom is -0.507 e. The third-order valence-corrected chi connectivity index (χ3v) is 4.27. The van der Waals surface area contributed by atoms with Gasteiger partial charge >= 0.3 is 0 Å². The van der Waals surface area contributed by atoms with Gasteiger partial charge in [0.2, 0.25) is 0 Å². The van der Waals surface area contributed by atoms with Crippen molar-refractivity contribution in [2.24, 2.45) is 0 Å². The molecule has 0 atom stereocenters. The van der Waals surface area contributed by atoms with Crippen LogP contribution in [0.25, 0.3) is 0 Å². The Morgan fingerprint density at radius 1 is 0.900 bits per heavy atom. The molecule has 0 spiro atoms. The summed E-state index contributed by atoms with van der Waals surface area (Å²) < 4.78 is 0.135. The molecule has 0 heterocycles. The molecule has 0 saturated carbocycles. The van der Waals surface area contributed by atoms with Gasteiger partial charge in [-0.3, -0.25) is 9.59 Å². The second-order valence-corrected chi connectivity index (χ2v) is 5.38. The molecule has 0 bridgehead atoms. The zero-order chi connectivity index (χ0) is 14.6. The summed E-state index contributed by atoms with van der Waals surface area (Å²) in [6.07, 6.45) is 0. The van der Waals surface area contributed by atoms with Crippen molar-refractivity contribution in [2.75, 3.05) is 0 Å². The predicted molar refractivity (Wildman–Crippen MR) is 75.5 cm³/mol. The Balaban J connectivity index is 2.46. The van der Waals surface area contributed by atoms with Crippen LogP contribution in [0.5, 0.6) is 11.5 Å². The van der Waals surface area contributed by atoms with Crippen LogP contribution in [0.2, 0.25) is 0 Å². The largest absolute Gasteiger partial charge is 0.507 e. The van der Waals surface area contributed by atoms with Crippen LogP contribution >= 0.6 is 15.9 Å². The fourth-order valence-corrected chi connectivity index (χ4v) is 3.07. The SMILES string of the molecule is Cc1c(O)c(Br)c2c(c1O)C(=O)c1ccccc1C2=O. The highest BCUT2D eigenvalue weighted by Gasteiger charge is 2.35. The summed E-state index contributed by atoms with van der Waals surface area (Å²) in [6.45, 7) is 1.48. The zero-order valence-electron chi connectivity index (χ0n) is 10.4. The molecular weight excluding hydrogens is 324 g/mol. The first-order chi connectivity index (χ1) is 9.45. The summed E-state index contributed by atoms with van der Waals surface area (Å²) in [6, 6.07) is 6.43. The van der Waals surface area contributed by atoms with Crippen LogP contribution in [0, 0.1) is 6.92 Å². The van der Waals surface area contributed by atoms with Gasteiger partial charge in [-0.05, 0) is 22.9 Å². The monoisotopic (exact) mass is 332 g/mol. The fraction of sp³-hybridized carbons (Fsp3) is 0.0667. The number of carbonyl (C=O) groups excluding carboxylic acids is 2. The number of phenols is 2. The Hall–Kier alpha value is -2.14. The van der Waals surface area contributed by atoms with Crippen LogP contribution in [0.4, 0.5) is 0 Å². The molecule has 0 saturated heterocycles. The van der Waals surface area contributed by atoms with E-state index in [2.05, 4.69) is 15.9 Å². The number of phenolic OH excluding ortho intramolecular Hbond substituents is 2. The van der Waals surface area contributed by atoms with Crippen LogP contribution in [0.15, 0.2) is 28.7 Å². The Bertz CT molecular complexity index is 727. The average molecular weight is 333 g/mol. The number of hydrogen-bond acceptors (Lipinski definition) is 4. The van der Waals surface area contributed by atoms with Gasteiger partial charge in [0.15, 0.2) is 11.6 Å². The van der Waals surface area contributed by atoms with Crippen LogP contribution in [-0.4, -0.2) is 21.8 Å². The van der Waals surface area contributed by atoms with Gasteiger partial charge in [-0.15, -0.1) is 0 Å². The smallest absolute Gasteiger partial charge is 0.198 e. The lowest BCUT2D eigenvalue weighted by Gasteiger charge is -2.21. The van der Waals surface area contributed by atoms with Crippen molar-refractivity contribution in [3.8, 4) is 11.5 Å². The molecule has 4 nitrogen and oxygen atoms in total. The van der Waals surface area contributed by atoms with E-state index in [9.17, 15) is 19.8 Å². The molecule has 0 radical (unpaired) electrons. The van der Waals surface area contributed by atoms with Crippen LogP contribution in [-0.2, 0) is 0 Å². The number of aromatic hydroxyl groups is 2. The summed E-state index contributed by atoms with van der Waals surface area (Å²) in [7, 11) is 0. The molecule has 100 valence electrons. The lowest BCUT2D eigenvalue weighted by Crippen LogP contribution is -2.22. The van der Waals surface area contributed by atoms with Crippen LogP contribution in [0.3, 0.4) is 0 Å². The predicted octanol–water partition coefficient (Wildman–Crippen LogP) is 2.94. The van der Waals surface area contributed by atoms with Crippen molar-refractivity contribution in [2.45, 2.75) is 6.92 Å². The standard InChI is InChI=1S/C15H9BrO4/c1-6-12(17)10-9(11(16)13(6)18)14(19)7-4-2-3-5-8(7)15(10)20/h2-5,17-18H,1H3. The third kappa shape index (κ3) is 1.47. The first-order valence-electron chi connectivity index (χ1n) is 5.87. The second-order valence-electron chi connectivity index (χ2n) is 4.59. The molecule has 5 heteroatoms. The molecule has 0 aliphatic heterocycles. The van der Waals surface area contributed by atoms with Gasteiger partial charge in [-0.1, -0.05) is 24.3 Å². The minimum absolute atomic E-state index is 0.00861. The minimum atomic E-state index is -0.420. The molecule has 2 aromatic rings. The van der Waals surface area contributed by atoms with Crippen LogP contribution < -0.4 is 0 Å². The van der Waals surface area contributed by atoms with Crippen LogP contribution in [0.1, 0.15) is 37.4 Å². The maximum absolute atomic E-state index is 12.5. The van der Waals surface area contributed by atoms with Crippen molar-refractivity contribution in [1.82, 2.24) is 0 Å². The van der Waals surface area contributed by atoms with E-state index in [-0.39, 0.29) is 43.8 Å². The van der Waals surface area contributed by atoms with Gasteiger partial charge in [0.1, 0.15) is 11.5 Å². The van der Waals surface area contributed by atoms with Gasteiger partial charge in [-0.25, -0.2) is 0 Å². The average Bonchev–Trinajstić information content (AvgIpc) is 2.46. The molecule has 0 aromatic heterocycles. The molecule has 2 N–H and O–H groups in total. The molecule has 0 amide bonds. The first kappa shape index (κ1) is 12.9. The summed E-state index contributed by atoms with van der Waals surface area (Å²) in [5, 5.41) is 20.0. The van der Waals surface area contributed by atoms with E-state index in [4.69, 9.17) is 0 Å². The van der Waals surface area contributed by atoms with E-state index >= 15 is 0 Å². The number of rotatable bonds is 0. The van der Waals surface area contributed by atoms with Crippen molar-refractivity contribution in [3.05, 3.63) is 56.6 Å². The zero-order valence-corrected chi connectivity index (χ0v) is 12.0. The molecule has 0 unspecified atom stereocenters. The summed E-state index contributed by atoms with van der Waals surface area (Å²) in [5.74, 6) is -1.40. The molecule has 1 aliphatic rings. The van der Waals surface area contributed by atoms with E-state index in [0.717, 1.165) is 0 Å². The second kappa shape index (κ2) is 4.18. The first-order valence-corrected chi connectivity index (χ1v) is 6.66.